The van der Waals surface area contributed by atoms with Crippen molar-refractivity contribution in [3.8, 4) is 28.2 Å². The van der Waals surface area contributed by atoms with Gasteiger partial charge in [0.25, 0.3) is 0 Å². The average molecular weight is 669 g/mol. The van der Waals surface area contributed by atoms with Crippen molar-refractivity contribution < 1.29 is 33.5 Å². The van der Waals surface area contributed by atoms with E-state index in [-0.39, 0.29) is 17.0 Å². The Labute approximate surface area is 290 Å². The molecule has 0 saturated carbocycles. The minimum absolute atomic E-state index is 0.177. The van der Waals surface area contributed by atoms with Gasteiger partial charge in [-0.1, -0.05) is 42.5 Å². The van der Waals surface area contributed by atoms with Gasteiger partial charge in [0.1, 0.15) is 49.0 Å². The molecule has 8 heteroatoms. The van der Waals surface area contributed by atoms with Gasteiger partial charge in [-0.3, -0.25) is 0 Å². The predicted octanol–water partition coefficient (Wildman–Crippen LogP) is 7.50. The molecule has 50 heavy (non-hydrogen) atoms. The van der Waals surface area contributed by atoms with Gasteiger partial charge in [0, 0.05) is 58.2 Å². The van der Waals surface area contributed by atoms with Crippen LogP contribution in [0.3, 0.4) is 0 Å². The summed E-state index contributed by atoms with van der Waals surface area (Å²) in [6.07, 6.45) is 6.26. The number of rotatable bonds is 8. The van der Waals surface area contributed by atoms with Crippen LogP contribution in [0.15, 0.2) is 107 Å². The van der Waals surface area contributed by atoms with E-state index in [0.29, 0.717) is 33.6 Å². The van der Waals surface area contributed by atoms with Crippen molar-refractivity contribution in [3.63, 3.8) is 0 Å². The zero-order valence-corrected chi connectivity index (χ0v) is 28.6. The summed E-state index contributed by atoms with van der Waals surface area (Å²) >= 11 is 0. The highest BCUT2D eigenvalue weighted by molar-refractivity contribution is 6.08. The maximum absolute atomic E-state index is 12.6. The number of allylic oxidation sites excluding steroid dienone is 3. The molecule has 0 fully saturated rings. The van der Waals surface area contributed by atoms with Gasteiger partial charge in [0.15, 0.2) is 0 Å². The Morgan fingerprint density at radius 2 is 1.42 bits per heavy atom. The van der Waals surface area contributed by atoms with Crippen LogP contribution in [-0.4, -0.2) is 58.6 Å². The standard InChI is InChI=1S/C42H38N2O6/c1-5-43(6-2)25-17-19-31-35(21-25)49-37-24-38-34(23-33(37)39(31)27-13-9-11-15-29(27)41(45)46)40(28-14-10-12-16-30(28)42(47)48)32-20-18-26(22-36(32)50-38)44(7-3)8-4/h9-24,31,39H,5-8H2,1-4H3/p+2. The number of carboxylic acid groups (broad SMARTS) is 2. The first kappa shape index (κ1) is 32.8. The number of nitrogens with zero attached hydrogens (tertiary/aromatic N) is 2. The molecule has 7 rings (SSSR count). The van der Waals surface area contributed by atoms with Gasteiger partial charge in [-0.2, -0.15) is 0 Å². The van der Waals surface area contributed by atoms with Crippen molar-refractivity contribution >= 4 is 28.6 Å². The van der Waals surface area contributed by atoms with E-state index >= 15 is 0 Å². The summed E-state index contributed by atoms with van der Waals surface area (Å²) in [6, 6.07) is 24.1. The third kappa shape index (κ3) is 5.50. The number of hydrogen-bond donors (Lipinski definition) is 2. The third-order valence-electron chi connectivity index (χ3n) is 10.1. The van der Waals surface area contributed by atoms with Crippen molar-refractivity contribution in [2.24, 2.45) is 5.92 Å². The van der Waals surface area contributed by atoms with Crippen LogP contribution in [0.5, 0.6) is 5.75 Å². The van der Waals surface area contributed by atoms with Gasteiger partial charge >= 0.3 is 11.9 Å². The maximum atomic E-state index is 12.6. The highest BCUT2D eigenvalue weighted by Gasteiger charge is 2.39. The molecule has 2 atom stereocenters. The second-order valence-corrected chi connectivity index (χ2v) is 12.6. The van der Waals surface area contributed by atoms with Gasteiger partial charge in [-0.15, -0.1) is 0 Å². The lowest BCUT2D eigenvalue weighted by molar-refractivity contribution is -0.519. The highest BCUT2D eigenvalue weighted by Crippen LogP contribution is 2.51. The summed E-state index contributed by atoms with van der Waals surface area (Å²) in [5, 5.41) is 22.4. The Morgan fingerprint density at radius 3 is 2.12 bits per heavy atom. The first-order valence-corrected chi connectivity index (χ1v) is 17.2. The van der Waals surface area contributed by atoms with Crippen LogP contribution in [-0.2, 0) is 0 Å². The second kappa shape index (κ2) is 13.3. The summed E-state index contributed by atoms with van der Waals surface area (Å²) in [5.74, 6) is -0.790. The third-order valence-corrected chi connectivity index (χ3v) is 10.1. The van der Waals surface area contributed by atoms with Crippen LogP contribution in [0, 0.1) is 5.92 Å². The quantitative estimate of drug-likeness (QED) is 0.131. The number of hydrogen-bond acceptors (Lipinski definition) is 4. The second-order valence-electron chi connectivity index (χ2n) is 12.6. The van der Waals surface area contributed by atoms with E-state index in [2.05, 4.69) is 55.1 Å². The molecule has 0 amide bonds. The largest absolute Gasteiger partial charge is 0.478 e. The number of carbonyl (C=O) groups is 2. The van der Waals surface area contributed by atoms with Crippen LogP contribution in [0.4, 0.5) is 0 Å². The predicted molar refractivity (Wildman–Crippen MR) is 195 cm³/mol. The molecule has 4 aliphatic rings. The maximum Gasteiger partial charge on any atom is 0.336 e. The van der Waals surface area contributed by atoms with Gasteiger partial charge in [-0.05, 0) is 63.1 Å². The van der Waals surface area contributed by atoms with E-state index in [9.17, 15) is 19.8 Å². The van der Waals surface area contributed by atoms with E-state index in [1.165, 1.54) is 0 Å². The van der Waals surface area contributed by atoms with E-state index < -0.39 is 17.9 Å². The molecule has 3 aromatic rings. The van der Waals surface area contributed by atoms with Gasteiger partial charge in [-0.25, -0.2) is 18.7 Å². The fourth-order valence-corrected chi connectivity index (χ4v) is 7.61. The molecule has 2 aliphatic heterocycles. The number of carboxylic acids is 2. The summed E-state index contributed by atoms with van der Waals surface area (Å²) in [5.41, 5.74) is 5.51. The topological polar surface area (TPSA) is 103 Å². The molecule has 3 aromatic carbocycles. The highest BCUT2D eigenvalue weighted by atomic mass is 16.5. The van der Waals surface area contributed by atoms with E-state index in [1.807, 2.05) is 54.6 Å². The Morgan fingerprint density at radius 1 is 0.740 bits per heavy atom. The van der Waals surface area contributed by atoms with Crippen molar-refractivity contribution in [1.29, 1.82) is 0 Å². The molecule has 2 heterocycles. The first-order chi connectivity index (χ1) is 24.3. The molecule has 2 unspecified atom stereocenters. The Bertz CT molecular complexity index is 2310. The normalized spacial score (nSPS) is 16.4. The number of aromatic carboxylic acids is 2. The van der Waals surface area contributed by atoms with E-state index in [1.54, 1.807) is 24.3 Å². The lowest BCUT2D eigenvalue weighted by Crippen LogP contribution is -2.30. The SMILES string of the molecule is CC[N+](CC)=C1C=CC2C(=C1)Oc1cc3oc4cc(=[N+](CC)CC)ccc-4c(-c4ccccc4C(=O)O)c3cc1C2c1ccccc1C(=O)O. The zero-order chi connectivity index (χ0) is 35.1. The molecule has 0 bridgehead atoms. The van der Waals surface area contributed by atoms with Gasteiger partial charge in [0.2, 0.25) is 11.1 Å². The van der Waals surface area contributed by atoms with Crippen LogP contribution in [0.1, 0.15) is 65.5 Å². The number of benzene rings is 4. The molecule has 2 aliphatic carbocycles. The van der Waals surface area contributed by atoms with Crippen molar-refractivity contribution in [2.75, 3.05) is 26.2 Å². The molecule has 0 aromatic heterocycles. The lowest BCUT2D eigenvalue weighted by Gasteiger charge is -2.36. The van der Waals surface area contributed by atoms with E-state index in [0.717, 1.165) is 59.7 Å². The smallest absolute Gasteiger partial charge is 0.336 e. The lowest BCUT2D eigenvalue weighted by atomic mass is 9.74. The summed E-state index contributed by atoms with van der Waals surface area (Å²) in [6.45, 7) is 11.7. The van der Waals surface area contributed by atoms with Crippen molar-refractivity contribution in [3.05, 3.63) is 130 Å². The Balaban J connectivity index is 1.59. The first-order valence-electron chi connectivity index (χ1n) is 17.2. The Kier molecular flexibility index (Phi) is 8.70. The average Bonchev–Trinajstić information content (AvgIpc) is 3.13. The molecule has 0 radical (unpaired) electrons. The van der Waals surface area contributed by atoms with Crippen LogP contribution in [0.2, 0.25) is 0 Å². The van der Waals surface area contributed by atoms with Crippen LogP contribution < -0.4 is 14.7 Å². The summed E-state index contributed by atoms with van der Waals surface area (Å²) in [4.78, 5) is 25.2. The monoisotopic (exact) mass is 668 g/mol. The van der Waals surface area contributed by atoms with Crippen LogP contribution >= 0.6 is 0 Å². The van der Waals surface area contributed by atoms with Crippen molar-refractivity contribution in [2.45, 2.75) is 33.6 Å². The van der Waals surface area contributed by atoms with E-state index in [4.69, 9.17) is 9.15 Å². The summed E-state index contributed by atoms with van der Waals surface area (Å²) in [7, 11) is 0. The molecular formula is C42H40N2O6+2. The van der Waals surface area contributed by atoms with Gasteiger partial charge < -0.3 is 19.4 Å². The number of fused-ring (bicyclic) bond motifs is 4. The zero-order valence-electron chi connectivity index (χ0n) is 28.6. The van der Waals surface area contributed by atoms with Gasteiger partial charge in [0.05, 0.1) is 17.2 Å². The molecule has 0 spiro atoms. The molecule has 252 valence electrons. The Hall–Kier alpha value is -5.76. The molecule has 8 nitrogen and oxygen atoms in total. The minimum Gasteiger partial charge on any atom is -0.478 e. The number of ether oxygens (including phenoxy) is 1. The molecule has 0 saturated heterocycles. The minimum atomic E-state index is -1.03. The van der Waals surface area contributed by atoms with Crippen LogP contribution in [0.25, 0.3) is 33.4 Å². The fourth-order valence-electron chi connectivity index (χ4n) is 7.61. The summed E-state index contributed by atoms with van der Waals surface area (Å²) < 4.78 is 17.9. The fraction of sp³-hybridized carbons (Fsp3) is 0.238. The van der Waals surface area contributed by atoms with Crippen molar-refractivity contribution in [1.82, 2.24) is 4.58 Å². The molecular weight excluding hydrogens is 628 g/mol. The molecule has 2 N–H and O–H groups in total.